The van der Waals surface area contributed by atoms with Crippen molar-refractivity contribution in [2.24, 2.45) is 5.73 Å². The lowest BCUT2D eigenvalue weighted by molar-refractivity contribution is -0.127. The lowest BCUT2D eigenvalue weighted by atomic mass is 9.91. The van der Waals surface area contributed by atoms with Gasteiger partial charge in [-0.25, -0.2) is 0 Å². The molecular weight excluding hydrogens is 272 g/mol. The molecule has 1 saturated heterocycles. The van der Waals surface area contributed by atoms with E-state index in [-0.39, 0.29) is 25.2 Å². The van der Waals surface area contributed by atoms with Crippen LogP contribution in [0.4, 0.5) is 0 Å². The van der Waals surface area contributed by atoms with Crippen molar-refractivity contribution >= 4 is 5.91 Å². The smallest absolute Gasteiger partial charge is 0.243 e. The van der Waals surface area contributed by atoms with Crippen molar-refractivity contribution in [1.82, 2.24) is 15.1 Å². The van der Waals surface area contributed by atoms with Crippen molar-refractivity contribution in [2.45, 2.75) is 43.8 Å². The van der Waals surface area contributed by atoms with Gasteiger partial charge in [0.05, 0.1) is 32.0 Å². The van der Waals surface area contributed by atoms with Crippen LogP contribution in [0.2, 0.25) is 0 Å². The van der Waals surface area contributed by atoms with E-state index in [9.17, 15) is 4.79 Å². The number of amides is 1. The maximum Gasteiger partial charge on any atom is 0.243 e. The molecule has 1 fully saturated rings. The van der Waals surface area contributed by atoms with Crippen LogP contribution in [0, 0.1) is 0 Å². The highest BCUT2D eigenvalue weighted by Gasteiger charge is 2.40. The van der Waals surface area contributed by atoms with Crippen LogP contribution in [0.3, 0.4) is 0 Å². The zero-order chi connectivity index (χ0) is 14.9. The summed E-state index contributed by atoms with van der Waals surface area (Å²) in [5, 5.41) is 16.4. The number of fused-ring (bicyclic) bond motifs is 1. The summed E-state index contributed by atoms with van der Waals surface area (Å²) in [4.78, 5) is 12.4. The Bertz CT molecular complexity index is 522. The van der Waals surface area contributed by atoms with Crippen LogP contribution in [-0.4, -0.2) is 46.2 Å². The van der Waals surface area contributed by atoms with Gasteiger partial charge in [-0.3, -0.25) is 9.48 Å². The molecular formula is C14H22N4O3. The Hall–Kier alpha value is -1.44. The average Bonchev–Trinajstić information content (AvgIpc) is 3.08. The van der Waals surface area contributed by atoms with Gasteiger partial charge in [0.15, 0.2) is 0 Å². The van der Waals surface area contributed by atoms with Gasteiger partial charge in [0.2, 0.25) is 5.91 Å². The van der Waals surface area contributed by atoms with Crippen LogP contribution in [0.5, 0.6) is 0 Å². The van der Waals surface area contributed by atoms with Crippen molar-refractivity contribution in [3.05, 3.63) is 17.5 Å². The van der Waals surface area contributed by atoms with Gasteiger partial charge >= 0.3 is 0 Å². The fourth-order valence-corrected chi connectivity index (χ4v) is 3.12. The molecule has 0 bridgehead atoms. The number of hydrogen-bond donors (Lipinski definition) is 3. The first kappa shape index (κ1) is 14.5. The number of nitrogens with one attached hydrogen (secondary N) is 1. The molecule has 2 heterocycles. The van der Waals surface area contributed by atoms with E-state index < -0.39 is 5.54 Å². The first-order chi connectivity index (χ1) is 10.1. The Balaban J connectivity index is 1.75. The van der Waals surface area contributed by atoms with Crippen LogP contribution in [0.1, 0.15) is 36.6 Å². The summed E-state index contributed by atoms with van der Waals surface area (Å²) in [6, 6.07) is -0.0466. The SMILES string of the molecule is NC1(C(=O)NC2CCCc3c2cnn3CCO)CCOC1. The summed E-state index contributed by atoms with van der Waals surface area (Å²) < 4.78 is 7.07. The van der Waals surface area contributed by atoms with Crippen molar-refractivity contribution in [3.63, 3.8) is 0 Å². The van der Waals surface area contributed by atoms with Gasteiger partial charge in [0.25, 0.3) is 0 Å². The number of ether oxygens (including phenoxy) is 1. The minimum absolute atomic E-state index is 0.0466. The number of hydrogen-bond acceptors (Lipinski definition) is 5. The fourth-order valence-electron chi connectivity index (χ4n) is 3.12. The monoisotopic (exact) mass is 294 g/mol. The molecule has 1 aliphatic carbocycles. The lowest BCUT2D eigenvalue weighted by Gasteiger charge is -2.28. The Labute approximate surface area is 123 Å². The molecule has 2 atom stereocenters. The van der Waals surface area contributed by atoms with Crippen molar-refractivity contribution in [1.29, 1.82) is 0 Å². The molecule has 1 aliphatic heterocycles. The van der Waals surface area contributed by atoms with Crippen LogP contribution in [0.25, 0.3) is 0 Å². The minimum atomic E-state index is -0.904. The predicted octanol–water partition coefficient (Wildman–Crippen LogP) is -0.513. The number of rotatable bonds is 4. The molecule has 0 aromatic carbocycles. The fraction of sp³-hybridized carbons (Fsp3) is 0.714. The number of nitrogens with two attached hydrogens (primary N) is 1. The third kappa shape index (κ3) is 2.68. The second-order valence-electron chi connectivity index (χ2n) is 5.87. The first-order valence-electron chi connectivity index (χ1n) is 7.47. The zero-order valence-corrected chi connectivity index (χ0v) is 12.0. The van der Waals surface area contributed by atoms with Crippen molar-refractivity contribution in [3.8, 4) is 0 Å². The van der Waals surface area contributed by atoms with Crippen molar-refractivity contribution < 1.29 is 14.6 Å². The number of nitrogens with zero attached hydrogens (tertiary/aromatic N) is 2. The molecule has 7 nitrogen and oxygen atoms in total. The highest BCUT2D eigenvalue weighted by molar-refractivity contribution is 5.87. The van der Waals surface area contributed by atoms with E-state index in [1.165, 1.54) is 0 Å². The number of carbonyl (C=O) groups is 1. The molecule has 1 aromatic heterocycles. The molecule has 4 N–H and O–H groups in total. The first-order valence-corrected chi connectivity index (χ1v) is 7.47. The maximum absolute atomic E-state index is 12.4. The lowest BCUT2D eigenvalue weighted by Crippen LogP contribution is -2.55. The second-order valence-corrected chi connectivity index (χ2v) is 5.87. The second kappa shape index (κ2) is 5.75. The molecule has 2 unspecified atom stereocenters. The summed E-state index contributed by atoms with van der Waals surface area (Å²) in [5.41, 5.74) is 7.35. The maximum atomic E-state index is 12.4. The third-order valence-corrected chi connectivity index (χ3v) is 4.38. The molecule has 7 heteroatoms. The van der Waals surface area contributed by atoms with Gasteiger partial charge in [-0.05, 0) is 25.7 Å². The Kier molecular flexibility index (Phi) is 3.97. The summed E-state index contributed by atoms with van der Waals surface area (Å²) in [6.45, 7) is 1.37. The molecule has 116 valence electrons. The minimum Gasteiger partial charge on any atom is -0.394 e. The van der Waals surface area contributed by atoms with Crippen LogP contribution < -0.4 is 11.1 Å². The zero-order valence-electron chi connectivity index (χ0n) is 12.0. The molecule has 3 rings (SSSR count). The van der Waals surface area contributed by atoms with E-state index in [2.05, 4.69) is 10.4 Å². The molecule has 0 radical (unpaired) electrons. The van der Waals surface area contributed by atoms with E-state index >= 15 is 0 Å². The number of aromatic nitrogens is 2. The number of carbonyl (C=O) groups excluding carboxylic acids is 1. The van der Waals surface area contributed by atoms with Gasteiger partial charge in [-0.15, -0.1) is 0 Å². The van der Waals surface area contributed by atoms with Gasteiger partial charge in [-0.1, -0.05) is 0 Å². The van der Waals surface area contributed by atoms with Crippen LogP contribution in [0.15, 0.2) is 6.20 Å². The molecule has 0 saturated carbocycles. The summed E-state index contributed by atoms with van der Waals surface area (Å²) in [5.74, 6) is -0.146. The Morgan fingerprint density at radius 3 is 3.24 bits per heavy atom. The Morgan fingerprint density at radius 2 is 2.52 bits per heavy atom. The van der Waals surface area contributed by atoms with Crippen molar-refractivity contribution in [2.75, 3.05) is 19.8 Å². The predicted molar refractivity (Wildman–Crippen MR) is 75.5 cm³/mol. The van der Waals surface area contributed by atoms with Gasteiger partial charge in [-0.2, -0.15) is 5.10 Å². The molecule has 1 amide bonds. The van der Waals surface area contributed by atoms with Crippen LogP contribution >= 0.6 is 0 Å². The van der Waals surface area contributed by atoms with E-state index in [0.29, 0.717) is 19.6 Å². The van der Waals surface area contributed by atoms with Gasteiger partial charge in [0, 0.05) is 17.9 Å². The normalized spacial score (nSPS) is 28.4. The molecule has 21 heavy (non-hydrogen) atoms. The summed E-state index contributed by atoms with van der Waals surface area (Å²) in [6.07, 6.45) is 5.16. The van der Waals surface area contributed by atoms with Crippen LogP contribution in [-0.2, 0) is 22.5 Å². The Morgan fingerprint density at radius 1 is 1.67 bits per heavy atom. The quantitative estimate of drug-likeness (QED) is 0.694. The van der Waals surface area contributed by atoms with E-state index in [4.69, 9.17) is 15.6 Å². The third-order valence-electron chi connectivity index (χ3n) is 4.38. The number of aliphatic hydroxyl groups is 1. The summed E-state index contributed by atoms with van der Waals surface area (Å²) in [7, 11) is 0. The highest BCUT2D eigenvalue weighted by Crippen LogP contribution is 2.30. The highest BCUT2D eigenvalue weighted by atomic mass is 16.5. The standard InChI is InChI=1S/C14H22N4O3/c15-14(4-7-21-9-14)13(20)17-11-2-1-3-12-10(11)8-16-18(12)5-6-19/h8,11,19H,1-7,9,15H2,(H,17,20). The van der Waals surface area contributed by atoms with E-state index in [1.54, 1.807) is 6.20 Å². The van der Waals surface area contributed by atoms with E-state index in [0.717, 1.165) is 30.5 Å². The molecule has 2 aliphatic rings. The topological polar surface area (TPSA) is 102 Å². The van der Waals surface area contributed by atoms with Gasteiger partial charge < -0.3 is 20.9 Å². The average molecular weight is 294 g/mol. The summed E-state index contributed by atoms with van der Waals surface area (Å²) >= 11 is 0. The molecule has 0 spiro atoms. The number of aliphatic hydroxyl groups excluding tert-OH is 1. The largest absolute Gasteiger partial charge is 0.394 e. The van der Waals surface area contributed by atoms with E-state index in [1.807, 2.05) is 4.68 Å². The molecule has 1 aromatic rings. The van der Waals surface area contributed by atoms with Gasteiger partial charge in [0.1, 0.15) is 5.54 Å².